The third-order valence-electron chi connectivity index (χ3n) is 2.03. The largest absolute Gasteiger partial charge is 0.351 e. The van der Waals surface area contributed by atoms with Crippen molar-refractivity contribution in [1.29, 1.82) is 0 Å². The smallest absolute Gasteiger partial charge is 0.186 e. The number of pyridine rings is 1. The van der Waals surface area contributed by atoms with Gasteiger partial charge in [-0.3, -0.25) is 4.79 Å². The Labute approximate surface area is 72.4 Å². The maximum absolute atomic E-state index is 11.6. The fourth-order valence-electron chi connectivity index (χ4n) is 1.42. The Kier molecular flexibility index (Phi) is 1.18. The second-order valence-electron chi connectivity index (χ2n) is 2.93. The van der Waals surface area contributed by atoms with Gasteiger partial charge in [0.1, 0.15) is 5.82 Å². The minimum Gasteiger partial charge on any atom is -0.351 e. The number of hydrogen-bond acceptors (Lipinski definition) is 3. The van der Waals surface area contributed by atoms with Crippen LogP contribution in [0.3, 0.4) is 0 Å². The fourth-order valence-corrected chi connectivity index (χ4v) is 1.42. The number of nitrogens with zero attached hydrogens (tertiary/aromatic N) is 2. The summed E-state index contributed by atoms with van der Waals surface area (Å²) in [5.74, 6) is 0.480. The van der Waals surface area contributed by atoms with E-state index in [-0.39, 0.29) is 5.78 Å². The predicted molar refractivity (Wildman–Crippen MR) is 46.6 cm³/mol. The summed E-state index contributed by atoms with van der Waals surface area (Å²) >= 11 is 0. The maximum Gasteiger partial charge on any atom is 0.186 e. The molecule has 0 fully saturated rings. The first-order valence-electron chi connectivity index (χ1n) is 4.35. The maximum atomic E-state index is 11.6. The van der Waals surface area contributed by atoms with Crippen molar-refractivity contribution >= 4 is 11.6 Å². The average Bonchev–Trinajstić information content (AvgIpc) is 2.33. The molecule has 62 valence electrons. The Morgan fingerprint density at radius 3 is 3.17 bits per heavy atom. The van der Waals surface area contributed by atoms with Crippen molar-refractivity contribution < 1.29 is 6.17 Å². The summed E-state index contributed by atoms with van der Waals surface area (Å²) in [6, 6.07) is 1.79. The highest BCUT2D eigenvalue weighted by Gasteiger charge is 2.26. The number of likely N-dealkylation sites (N-methyl/N-ethyl adjacent to an activating group) is 1. The van der Waals surface area contributed by atoms with E-state index in [4.69, 9.17) is 1.37 Å². The van der Waals surface area contributed by atoms with E-state index in [0.29, 0.717) is 11.4 Å². The Hall–Kier alpha value is -1.38. The van der Waals surface area contributed by atoms with Crippen LogP contribution < -0.4 is 4.90 Å². The lowest BCUT2D eigenvalue weighted by Crippen LogP contribution is -2.16. The van der Waals surface area contributed by atoms with E-state index in [9.17, 15) is 4.79 Å². The van der Waals surface area contributed by atoms with Crippen molar-refractivity contribution in [2.45, 2.75) is 6.92 Å². The summed E-state index contributed by atoms with van der Waals surface area (Å²) in [5.41, 5.74) is 1.50. The molecule has 1 atom stereocenters. The fraction of sp³-hybridized carbons (Fsp3) is 0.333. The first-order chi connectivity index (χ1) is 6.13. The first-order valence-corrected chi connectivity index (χ1v) is 3.78. The van der Waals surface area contributed by atoms with E-state index >= 15 is 0 Å². The highest BCUT2D eigenvalue weighted by atomic mass is 16.1. The number of aryl methyl sites for hydroxylation is 1. The van der Waals surface area contributed by atoms with E-state index in [1.807, 2.05) is 6.92 Å². The van der Waals surface area contributed by atoms with Gasteiger partial charge in [0, 0.05) is 13.2 Å². The number of carbonyl (C=O) groups excluding carboxylic acids is 1. The molecule has 0 saturated carbocycles. The van der Waals surface area contributed by atoms with E-state index < -0.39 is 6.52 Å². The molecule has 1 unspecified atom stereocenters. The molecule has 2 heterocycles. The summed E-state index contributed by atoms with van der Waals surface area (Å²) in [5, 5.41) is 0. The van der Waals surface area contributed by atoms with Gasteiger partial charge >= 0.3 is 0 Å². The van der Waals surface area contributed by atoms with Crippen LogP contribution in [-0.2, 0) is 0 Å². The number of anilines is 1. The molecule has 0 saturated heterocycles. The van der Waals surface area contributed by atoms with Gasteiger partial charge in [0.05, 0.1) is 13.5 Å². The van der Waals surface area contributed by atoms with Crippen LogP contribution in [0.4, 0.5) is 5.82 Å². The van der Waals surface area contributed by atoms with Crippen molar-refractivity contribution in [2.24, 2.45) is 0 Å². The number of carbonyl (C=O) groups is 1. The number of fused-ring (bicyclic) bond motifs is 1. The van der Waals surface area contributed by atoms with Gasteiger partial charge in [-0.05, 0) is 18.6 Å². The zero-order chi connectivity index (χ0) is 9.59. The second-order valence-corrected chi connectivity index (χ2v) is 2.93. The van der Waals surface area contributed by atoms with Gasteiger partial charge in [-0.2, -0.15) is 0 Å². The second kappa shape index (κ2) is 2.30. The zero-order valence-electron chi connectivity index (χ0n) is 8.03. The molecule has 0 bridgehead atoms. The lowest BCUT2D eigenvalue weighted by molar-refractivity contribution is 0.101. The quantitative estimate of drug-likeness (QED) is 0.574. The molecule has 0 N–H and O–H groups in total. The number of rotatable bonds is 0. The van der Waals surface area contributed by atoms with E-state index in [1.165, 1.54) is 0 Å². The molecule has 1 aliphatic heterocycles. The van der Waals surface area contributed by atoms with Gasteiger partial charge < -0.3 is 4.90 Å². The standard InChI is InChI=1S/C9H10N2O/c1-6-3-4-10-9-8(6)7(12)5-11(9)2/h3-4H,5H2,1-2H3/i5T. The van der Waals surface area contributed by atoms with Crippen LogP contribution in [0.15, 0.2) is 12.3 Å². The Morgan fingerprint density at radius 1 is 1.75 bits per heavy atom. The van der Waals surface area contributed by atoms with E-state index in [2.05, 4.69) is 4.98 Å². The molecule has 3 heteroatoms. The molecule has 1 aromatic rings. The summed E-state index contributed by atoms with van der Waals surface area (Å²) in [6.07, 6.45) is 1.66. The minimum absolute atomic E-state index is 0.150. The molecular weight excluding hydrogens is 152 g/mol. The van der Waals surface area contributed by atoms with E-state index in [0.717, 1.165) is 5.56 Å². The van der Waals surface area contributed by atoms with Crippen LogP contribution in [0.5, 0.6) is 0 Å². The highest BCUT2D eigenvalue weighted by molar-refractivity contribution is 6.08. The number of hydrogen-bond donors (Lipinski definition) is 0. The van der Waals surface area contributed by atoms with Crippen molar-refractivity contribution in [3.63, 3.8) is 0 Å². The monoisotopic (exact) mass is 164 g/mol. The Morgan fingerprint density at radius 2 is 2.50 bits per heavy atom. The average molecular weight is 164 g/mol. The van der Waals surface area contributed by atoms with Gasteiger partial charge in [0.2, 0.25) is 0 Å². The number of ketones is 1. The Bertz CT molecular complexity index is 378. The van der Waals surface area contributed by atoms with Crippen LogP contribution in [0.1, 0.15) is 17.3 Å². The third-order valence-corrected chi connectivity index (χ3v) is 2.03. The molecule has 1 aliphatic rings. The number of Topliss-reactive ketones (excluding diaryl/α,β-unsaturated/α-hetero) is 1. The third kappa shape index (κ3) is 0.826. The van der Waals surface area contributed by atoms with Crippen molar-refractivity contribution in [2.75, 3.05) is 18.5 Å². The van der Waals surface area contributed by atoms with Crippen LogP contribution in [0, 0.1) is 6.92 Å². The molecule has 0 aromatic carbocycles. The highest BCUT2D eigenvalue weighted by Crippen LogP contribution is 2.25. The molecule has 0 amide bonds. The molecule has 0 spiro atoms. The lowest BCUT2D eigenvalue weighted by atomic mass is 10.1. The van der Waals surface area contributed by atoms with Gasteiger partial charge in [-0.1, -0.05) is 0 Å². The first kappa shape index (κ1) is 6.17. The van der Waals surface area contributed by atoms with Crippen LogP contribution in [0.2, 0.25) is 0 Å². The van der Waals surface area contributed by atoms with Crippen LogP contribution >= 0.6 is 0 Å². The van der Waals surface area contributed by atoms with Crippen molar-refractivity contribution in [1.82, 2.24) is 4.98 Å². The Balaban J connectivity index is 2.66. The molecule has 3 nitrogen and oxygen atoms in total. The molecule has 0 aliphatic carbocycles. The summed E-state index contributed by atoms with van der Waals surface area (Å²) in [4.78, 5) is 17.2. The summed E-state index contributed by atoms with van der Waals surface area (Å²) in [6.45, 7) is 1.05. The van der Waals surface area contributed by atoms with Crippen molar-refractivity contribution in [3.8, 4) is 0 Å². The van der Waals surface area contributed by atoms with Crippen LogP contribution in [-0.4, -0.2) is 24.3 Å². The van der Waals surface area contributed by atoms with Gasteiger partial charge in [0.15, 0.2) is 5.78 Å². The molecule has 2 rings (SSSR count). The van der Waals surface area contributed by atoms with E-state index in [1.54, 1.807) is 24.2 Å². The minimum atomic E-state index is -0.816. The van der Waals surface area contributed by atoms with Crippen LogP contribution in [0.25, 0.3) is 0 Å². The predicted octanol–water partition coefficient (Wildman–Crippen LogP) is 1.02. The van der Waals surface area contributed by atoms with Gasteiger partial charge in [-0.25, -0.2) is 4.98 Å². The summed E-state index contributed by atoms with van der Waals surface area (Å²) < 4.78 is 7.56. The van der Waals surface area contributed by atoms with Gasteiger partial charge in [0.25, 0.3) is 0 Å². The molecule has 12 heavy (non-hydrogen) atoms. The number of aromatic nitrogens is 1. The summed E-state index contributed by atoms with van der Waals surface area (Å²) in [7, 11) is 1.72. The SMILES string of the molecule is [3H]C1C(=O)c2c(C)ccnc2N1C. The van der Waals surface area contributed by atoms with Gasteiger partial charge in [-0.15, -0.1) is 0 Å². The lowest BCUT2D eigenvalue weighted by Gasteiger charge is -2.08. The molecule has 0 radical (unpaired) electrons. The normalized spacial score (nSPS) is 22.5. The molecule has 1 aromatic heterocycles. The zero-order valence-corrected chi connectivity index (χ0v) is 7.03. The van der Waals surface area contributed by atoms with Crippen molar-refractivity contribution in [3.05, 3.63) is 23.4 Å². The topological polar surface area (TPSA) is 33.2 Å². The molecular formula is C9H10N2O.